The Balaban J connectivity index is 1.83. The molecule has 1 aromatic rings. The second kappa shape index (κ2) is 6.10. The van der Waals surface area contributed by atoms with Gasteiger partial charge in [0.1, 0.15) is 0 Å². The van der Waals surface area contributed by atoms with Gasteiger partial charge in [0.15, 0.2) is 0 Å². The Labute approximate surface area is 113 Å². The van der Waals surface area contributed by atoms with Gasteiger partial charge in [0, 0.05) is 12.2 Å². The van der Waals surface area contributed by atoms with Gasteiger partial charge in [0.05, 0.1) is 10.6 Å². The van der Waals surface area contributed by atoms with Gasteiger partial charge in [-0.05, 0) is 30.5 Å². The number of amides is 1. The summed E-state index contributed by atoms with van der Waals surface area (Å²) in [6.45, 7) is 0.726. The SMILES string of the molecule is Nc1ccc(C(=O)NCCC2CCCC2)c(Cl)c1. The van der Waals surface area contributed by atoms with Crippen LogP contribution in [-0.4, -0.2) is 12.5 Å². The first kappa shape index (κ1) is 13.2. The summed E-state index contributed by atoms with van der Waals surface area (Å²) in [6.07, 6.45) is 6.35. The first-order chi connectivity index (χ1) is 8.66. The van der Waals surface area contributed by atoms with Crippen LogP contribution in [0.1, 0.15) is 42.5 Å². The van der Waals surface area contributed by atoms with E-state index in [0.717, 1.165) is 18.9 Å². The molecule has 1 aliphatic carbocycles. The van der Waals surface area contributed by atoms with Crippen molar-refractivity contribution in [1.82, 2.24) is 5.32 Å². The molecule has 3 nitrogen and oxygen atoms in total. The van der Waals surface area contributed by atoms with Crippen LogP contribution in [0.2, 0.25) is 5.02 Å². The highest BCUT2D eigenvalue weighted by molar-refractivity contribution is 6.34. The molecule has 1 amide bonds. The maximum atomic E-state index is 11.9. The monoisotopic (exact) mass is 266 g/mol. The molecule has 2 rings (SSSR count). The molecule has 1 saturated carbocycles. The molecule has 3 N–H and O–H groups in total. The van der Waals surface area contributed by atoms with E-state index in [4.69, 9.17) is 17.3 Å². The molecule has 0 aromatic heterocycles. The predicted octanol–water partition coefficient (Wildman–Crippen LogP) is 3.23. The number of carbonyl (C=O) groups excluding carboxylic acids is 1. The van der Waals surface area contributed by atoms with Crippen LogP contribution < -0.4 is 11.1 Å². The van der Waals surface area contributed by atoms with E-state index in [2.05, 4.69) is 5.32 Å². The molecule has 4 heteroatoms. The standard InChI is InChI=1S/C14H19ClN2O/c15-13-9-11(16)5-6-12(13)14(18)17-8-7-10-3-1-2-4-10/h5-6,9-10H,1-4,7-8,16H2,(H,17,18). The van der Waals surface area contributed by atoms with Gasteiger partial charge in [-0.3, -0.25) is 4.79 Å². The summed E-state index contributed by atoms with van der Waals surface area (Å²) in [5.41, 5.74) is 6.66. The van der Waals surface area contributed by atoms with E-state index in [9.17, 15) is 4.79 Å². The molecular weight excluding hydrogens is 248 g/mol. The van der Waals surface area contributed by atoms with Crippen LogP contribution in [-0.2, 0) is 0 Å². The number of anilines is 1. The summed E-state index contributed by atoms with van der Waals surface area (Å²) in [5.74, 6) is 0.671. The molecule has 1 fully saturated rings. The van der Waals surface area contributed by atoms with Gasteiger partial charge in [-0.15, -0.1) is 0 Å². The summed E-state index contributed by atoms with van der Waals surface area (Å²) in [7, 11) is 0. The lowest BCUT2D eigenvalue weighted by molar-refractivity contribution is 0.0951. The van der Waals surface area contributed by atoms with E-state index >= 15 is 0 Å². The molecule has 0 radical (unpaired) electrons. The summed E-state index contributed by atoms with van der Waals surface area (Å²) in [5, 5.41) is 3.33. The maximum Gasteiger partial charge on any atom is 0.252 e. The smallest absolute Gasteiger partial charge is 0.252 e. The van der Waals surface area contributed by atoms with Crippen LogP contribution in [0, 0.1) is 5.92 Å². The third-order valence-electron chi connectivity index (χ3n) is 3.55. The van der Waals surface area contributed by atoms with Crippen LogP contribution in [0.15, 0.2) is 18.2 Å². The van der Waals surface area contributed by atoms with Crippen molar-refractivity contribution >= 4 is 23.2 Å². The second-order valence-electron chi connectivity index (χ2n) is 4.93. The highest BCUT2D eigenvalue weighted by atomic mass is 35.5. The molecule has 0 unspecified atom stereocenters. The zero-order valence-electron chi connectivity index (χ0n) is 10.4. The van der Waals surface area contributed by atoms with Crippen molar-refractivity contribution in [2.75, 3.05) is 12.3 Å². The molecule has 0 aliphatic heterocycles. The highest BCUT2D eigenvalue weighted by Crippen LogP contribution is 2.27. The Kier molecular flexibility index (Phi) is 4.48. The van der Waals surface area contributed by atoms with E-state index in [0.29, 0.717) is 16.3 Å². The largest absolute Gasteiger partial charge is 0.399 e. The number of nitrogen functional groups attached to an aromatic ring is 1. The molecule has 1 aromatic carbocycles. The molecule has 0 heterocycles. The second-order valence-corrected chi connectivity index (χ2v) is 5.34. The minimum Gasteiger partial charge on any atom is -0.399 e. The fraction of sp³-hybridized carbons (Fsp3) is 0.500. The maximum absolute atomic E-state index is 11.9. The van der Waals surface area contributed by atoms with Gasteiger partial charge >= 0.3 is 0 Å². The van der Waals surface area contributed by atoms with E-state index in [1.807, 2.05) is 0 Å². The van der Waals surface area contributed by atoms with Crippen molar-refractivity contribution in [2.45, 2.75) is 32.1 Å². The number of halogens is 1. The van der Waals surface area contributed by atoms with Crippen LogP contribution in [0.25, 0.3) is 0 Å². The molecule has 0 spiro atoms. The third kappa shape index (κ3) is 3.39. The number of nitrogens with one attached hydrogen (secondary N) is 1. The molecule has 0 bridgehead atoms. The van der Waals surface area contributed by atoms with Gasteiger partial charge in [-0.1, -0.05) is 37.3 Å². The van der Waals surface area contributed by atoms with E-state index in [-0.39, 0.29) is 5.91 Å². The van der Waals surface area contributed by atoms with Crippen LogP contribution in [0.4, 0.5) is 5.69 Å². The van der Waals surface area contributed by atoms with Crippen LogP contribution >= 0.6 is 11.6 Å². The molecular formula is C14H19ClN2O. The zero-order chi connectivity index (χ0) is 13.0. The molecule has 1 aliphatic rings. The van der Waals surface area contributed by atoms with Crippen molar-refractivity contribution in [1.29, 1.82) is 0 Å². The van der Waals surface area contributed by atoms with Crippen LogP contribution in [0.5, 0.6) is 0 Å². The minimum atomic E-state index is -0.113. The fourth-order valence-corrected chi connectivity index (χ4v) is 2.77. The zero-order valence-corrected chi connectivity index (χ0v) is 11.2. The number of hydrogen-bond acceptors (Lipinski definition) is 2. The predicted molar refractivity (Wildman–Crippen MR) is 74.8 cm³/mol. The first-order valence-corrected chi connectivity index (χ1v) is 6.88. The molecule has 18 heavy (non-hydrogen) atoms. The highest BCUT2D eigenvalue weighted by Gasteiger charge is 2.15. The van der Waals surface area contributed by atoms with Gasteiger partial charge in [0.25, 0.3) is 5.91 Å². The summed E-state index contributed by atoms with van der Waals surface area (Å²) in [6, 6.07) is 4.97. The number of nitrogens with two attached hydrogens (primary N) is 1. The first-order valence-electron chi connectivity index (χ1n) is 6.50. The topological polar surface area (TPSA) is 55.1 Å². The van der Waals surface area contributed by atoms with E-state index in [1.54, 1.807) is 18.2 Å². The van der Waals surface area contributed by atoms with Gasteiger partial charge in [0.2, 0.25) is 0 Å². The Morgan fingerprint density at radius 2 is 2.11 bits per heavy atom. The number of carbonyl (C=O) groups is 1. The Hall–Kier alpha value is -1.22. The Morgan fingerprint density at radius 1 is 1.39 bits per heavy atom. The lowest BCUT2D eigenvalue weighted by Gasteiger charge is -2.10. The van der Waals surface area contributed by atoms with E-state index in [1.165, 1.54) is 25.7 Å². The minimum absolute atomic E-state index is 0.113. The lowest BCUT2D eigenvalue weighted by Crippen LogP contribution is -2.25. The lowest BCUT2D eigenvalue weighted by atomic mass is 10.0. The normalized spacial score (nSPS) is 15.8. The number of benzene rings is 1. The quantitative estimate of drug-likeness (QED) is 0.822. The average molecular weight is 267 g/mol. The van der Waals surface area contributed by atoms with Crippen molar-refractivity contribution in [2.24, 2.45) is 5.92 Å². The van der Waals surface area contributed by atoms with Gasteiger partial charge in [-0.2, -0.15) is 0 Å². The summed E-state index contributed by atoms with van der Waals surface area (Å²) in [4.78, 5) is 11.9. The molecule has 0 atom stereocenters. The average Bonchev–Trinajstić information content (AvgIpc) is 2.81. The van der Waals surface area contributed by atoms with Crippen molar-refractivity contribution in [3.8, 4) is 0 Å². The van der Waals surface area contributed by atoms with Gasteiger partial charge in [-0.25, -0.2) is 0 Å². The number of hydrogen-bond donors (Lipinski definition) is 2. The molecule has 0 saturated heterocycles. The molecule has 98 valence electrons. The van der Waals surface area contributed by atoms with Crippen molar-refractivity contribution in [3.63, 3.8) is 0 Å². The summed E-state index contributed by atoms with van der Waals surface area (Å²) >= 11 is 5.99. The van der Waals surface area contributed by atoms with Crippen LogP contribution in [0.3, 0.4) is 0 Å². The van der Waals surface area contributed by atoms with E-state index < -0.39 is 0 Å². The van der Waals surface area contributed by atoms with Gasteiger partial charge < -0.3 is 11.1 Å². The van der Waals surface area contributed by atoms with Crippen molar-refractivity contribution in [3.05, 3.63) is 28.8 Å². The number of rotatable bonds is 4. The Morgan fingerprint density at radius 3 is 2.78 bits per heavy atom. The Bertz CT molecular complexity index is 428. The summed E-state index contributed by atoms with van der Waals surface area (Å²) < 4.78 is 0. The third-order valence-corrected chi connectivity index (χ3v) is 3.86. The fourth-order valence-electron chi connectivity index (χ4n) is 2.50. The van der Waals surface area contributed by atoms with Crippen molar-refractivity contribution < 1.29 is 4.79 Å².